The van der Waals surface area contributed by atoms with Gasteiger partial charge in [-0.15, -0.1) is 0 Å². The number of benzene rings is 1. The summed E-state index contributed by atoms with van der Waals surface area (Å²) in [5, 5.41) is 2.62. The van der Waals surface area contributed by atoms with Gasteiger partial charge < -0.3 is 10.1 Å². The van der Waals surface area contributed by atoms with Gasteiger partial charge in [-0.05, 0) is 25.1 Å². The van der Waals surface area contributed by atoms with Gasteiger partial charge in [0.05, 0.1) is 11.5 Å². The Labute approximate surface area is 124 Å². The summed E-state index contributed by atoms with van der Waals surface area (Å²) in [5.74, 6) is -0.387. The van der Waals surface area contributed by atoms with Crippen molar-refractivity contribution in [3.63, 3.8) is 0 Å². The van der Waals surface area contributed by atoms with Crippen molar-refractivity contribution in [1.29, 1.82) is 0 Å². The molecular formula is C11H13BrClNO4S. The molecule has 1 N–H and O–H groups in total. The molecule has 0 radical (unpaired) electrons. The van der Waals surface area contributed by atoms with Gasteiger partial charge in [-0.3, -0.25) is 4.79 Å². The van der Waals surface area contributed by atoms with Gasteiger partial charge in [0.1, 0.15) is 0 Å². The maximum atomic E-state index is 11.8. The number of ether oxygens (including phenoxy) is 1. The molecule has 0 unspecified atom stereocenters. The average Bonchev–Trinajstić information content (AvgIpc) is 2.32. The molecule has 5 nitrogen and oxygen atoms in total. The molecule has 1 aromatic rings. The fourth-order valence-corrected chi connectivity index (χ4v) is 2.77. The second-order valence-corrected chi connectivity index (χ2v) is 7.05. The first-order chi connectivity index (χ1) is 8.84. The number of carbonyl (C=O) groups is 1. The number of nitrogens with one attached hydrogen (secondary N) is 1. The Hall–Kier alpha value is -0.630. The van der Waals surface area contributed by atoms with E-state index in [1.807, 2.05) is 6.92 Å². The van der Waals surface area contributed by atoms with Crippen molar-refractivity contribution >= 4 is 41.6 Å². The van der Waals surface area contributed by atoms with Crippen molar-refractivity contribution in [3.05, 3.63) is 28.2 Å². The van der Waals surface area contributed by atoms with Crippen LogP contribution in [-0.2, 0) is 13.8 Å². The summed E-state index contributed by atoms with van der Waals surface area (Å²) in [6.07, 6.45) is 0. The molecule has 0 saturated heterocycles. The third-order valence-electron chi connectivity index (χ3n) is 2.15. The predicted molar refractivity (Wildman–Crippen MR) is 76.0 cm³/mol. The van der Waals surface area contributed by atoms with Gasteiger partial charge in [-0.2, -0.15) is 0 Å². The van der Waals surface area contributed by atoms with Crippen molar-refractivity contribution in [2.45, 2.75) is 11.8 Å². The monoisotopic (exact) mass is 369 g/mol. The smallest absolute Gasteiger partial charge is 0.261 e. The van der Waals surface area contributed by atoms with E-state index in [0.717, 1.165) is 0 Å². The summed E-state index contributed by atoms with van der Waals surface area (Å²) in [4.78, 5) is 11.7. The molecule has 0 saturated carbocycles. The fourth-order valence-electron chi connectivity index (χ4n) is 1.32. The molecule has 1 amide bonds. The molecule has 0 heterocycles. The van der Waals surface area contributed by atoms with E-state index in [9.17, 15) is 13.2 Å². The van der Waals surface area contributed by atoms with E-state index in [1.165, 1.54) is 18.2 Å². The number of hydrogen-bond acceptors (Lipinski definition) is 4. The Bertz CT molecular complexity index is 562. The molecule has 0 aliphatic heterocycles. The molecule has 8 heteroatoms. The third kappa shape index (κ3) is 5.48. The molecular weight excluding hydrogens is 358 g/mol. The normalized spacial score (nSPS) is 11.3. The maximum absolute atomic E-state index is 11.8. The molecule has 0 aromatic heterocycles. The highest BCUT2D eigenvalue weighted by molar-refractivity contribution is 9.10. The van der Waals surface area contributed by atoms with Crippen LogP contribution in [0, 0.1) is 0 Å². The molecule has 19 heavy (non-hydrogen) atoms. The lowest BCUT2D eigenvalue weighted by Gasteiger charge is -2.07. The second kappa shape index (κ2) is 7.23. The zero-order chi connectivity index (χ0) is 14.5. The number of rotatable bonds is 6. The van der Waals surface area contributed by atoms with E-state index < -0.39 is 9.05 Å². The van der Waals surface area contributed by atoms with Crippen molar-refractivity contribution in [3.8, 4) is 0 Å². The SMILES string of the molecule is CCOCCNC(=O)c1cc(Br)cc(S(=O)(=O)Cl)c1. The minimum atomic E-state index is -3.87. The van der Waals surface area contributed by atoms with E-state index in [0.29, 0.717) is 24.2 Å². The van der Waals surface area contributed by atoms with Crippen LogP contribution in [0.5, 0.6) is 0 Å². The van der Waals surface area contributed by atoms with Crippen LogP contribution >= 0.6 is 26.6 Å². The summed E-state index contributed by atoms with van der Waals surface area (Å²) in [6.45, 7) is 3.17. The standard InChI is InChI=1S/C11H13BrClNO4S/c1-2-18-4-3-14-11(15)8-5-9(12)7-10(6-8)19(13,16)17/h5-7H,2-4H2,1H3,(H,14,15). The first kappa shape index (κ1) is 16.4. The lowest BCUT2D eigenvalue weighted by atomic mass is 10.2. The molecule has 0 atom stereocenters. The van der Waals surface area contributed by atoms with Gasteiger partial charge >= 0.3 is 0 Å². The van der Waals surface area contributed by atoms with E-state index in [1.54, 1.807) is 0 Å². The topological polar surface area (TPSA) is 72.5 Å². The molecule has 0 aliphatic carbocycles. The summed E-state index contributed by atoms with van der Waals surface area (Å²) in [7, 11) is 1.38. The number of hydrogen-bond donors (Lipinski definition) is 1. The molecule has 0 bridgehead atoms. The van der Waals surface area contributed by atoms with Crippen molar-refractivity contribution < 1.29 is 17.9 Å². The number of carbonyl (C=O) groups excluding carboxylic acids is 1. The van der Waals surface area contributed by atoms with Gasteiger partial charge in [0.25, 0.3) is 15.0 Å². The molecule has 1 aromatic carbocycles. The highest BCUT2D eigenvalue weighted by Crippen LogP contribution is 2.22. The van der Waals surface area contributed by atoms with Gasteiger partial charge in [0, 0.05) is 33.9 Å². The van der Waals surface area contributed by atoms with Crippen LogP contribution in [0.4, 0.5) is 0 Å². The van der Waals surface area contributed by atoms with Crippen LogP contribution in [0.3, 0.4) is 0 Å². The Morgan fingerprint density at radius 1 is 1.42 bits per heavy atom. The largest absolute Gasteiger partial charge is 0.380 e. The lowest BCUT2D eigenvalue weighted by Crippen LogP contribution is -2.27. The van der Waals surface area contributed by atoms with Crippen LogP contribution in [0.15, 0.2) is 27.6 Å². The van der Waals surface area contributed by atoms with E-state index >= 15 is 0 Å². The molecule has 1 rings (SSSR count). The second-order valence-electron chi connectivity index (χ2n) is 3.57. The summed E-state index contributed by atoms with van der Waals surface area (Å²) in [6, 6.07) is 4.07. The maximum Gasteiger partial charge on any atom is 0.261 e. The van der Waals surface area contributed by atoms with Crippen LogP contribution in [0.25, 0.3) is 0 Å². The van der Waals surface area contributed by atoms with Gasteiger partial charge in [-0.25, -0.2) is 8.42 Å². The highest BCUT2D eigenvalue weighted by Gasteiger charge is 2.15. The van der Waals surface area contributed by atoms with Gasteiger partial charge in [-0.1, -0.05) is 15.9 Å². The molecule has 0 spiro atoms. The van der Waals surface area contributed by atoms with E-state index in [2.05, 4.69) is 21.2 Å². The summed E-state index contributed by atoms with van der Waals surface area (Å²) < 4.78 is 28.0. The zero-order valence-electron chi connectivity index (χ0n) is 10.2. The van der Waals surface area contributed by atoms with Crippen LogP contribution in [0.2, 0.25) is 0 Å². The Kier molecular flexibility index (Phi) is 6.25. The van der Waals surface area contributed by atoms with E-state index in [4.69, 9.17) is 15.4 Å². The van der Waals surface area contributed by atoms with Crippen LogP contribution in [0.1, 0.15) is 17.3 Å². The van der Waals surface area contributed by atoms with Crippen LogP contribution < -0.4 is 5.32 Å². The number of amides is 1. The quantitative estimate of drug-likeness (QED) is 0.615. The summed E-state index contributed by atoms with van der Waals surface area (Å²) >= 11 is 3.14. The van der Waals surface area contributed by atoms with E-state index in [-0.39, 0.29) is 16.4 Å². The summed E-state index contributed by atoms with van der Waals surface area (Å²) in [5.41, 5.74) is 0.213. The molecule has 0 aliphatic rings. The predicted octanol–water partition coefficient (Wildman–Crippen LogP) is 2.14. The first-order valence-corrected chi connectivity index (χ1v) is 8.56. The van der Waals surface area contributed by atoms with Gasteiger partial charge in [0.2, 0.25) is 0 Å². The third-order valence-corrected chi connectivity index (χ3v) is 3.94. The Morgan fingerprint density at radius 3 is 2.68 bits per heavy atom. The average molecular weight is 371 g/mol. The fraction of sp³-hybridized carbons (Fsp3) is 0.364. The Morgan fingerprint density at radius 2 is 2.11 bits per heavy atom. The molecule has 106 valence electrons. The highest BCUT2D eigenvalue weighted by atomic mass is 79.9. The Balaban J connectivity index is 2.83. The van der Waals surface area contributed by atoms with Gasteiger partial charge in [0.15, 0.2) is 0 Å². The first-order valence-electron chi connectivity index (χ1n) is 5.45. The minimum Gasteiger partial charge on any atom is -0.380 e. The molecule has 0 fully saturated rings. The minimum absolute atomic E-state index is 0.126. The number of halogens is 2. The lowest BCUT2D eigenvalue weighted by molar-refractivity contribution is 0.0922. The van der Waals surface area contributed by atoms with Crippen molar-refractivity contribution in [2.75, 3.05) is 19.8 Å². The zero-order valence-corrected chi connectivity index (χ0v) is 13.3. The van der Waals surface area contributed by atoms with Crippen LogP contribution in [-0.4, -0.2) is 34.1 Å². The van der Waals surface area contributed by atoms with Crippen molar-refractivity contribution in [1.82, 2.24) is 5.32 Å². The van der Waals surface area contributed by atoms with Crippen molar-refractivity contribution in [2.24, 2.45) is 0 Å².